The fourth-order valence-electron chi connectivity index (χ4n) is 1.34. The van der Waals surface area contributed by atoms with Gasteiger partial charge < -0.3 is 4.52 Å². The molecule has 0 aromatic heterocycles. The van der Waals surface area contributed by atoms with Crippen LogP contribution < -0.4 is 0 Å². The van der Waals surface area contributed by atoms with Crippen molar-refractivity contribution >= 4 is 8.30 Å². The van der Waals surface area contributed by atoms with Crippen LogP contribution >= 0.6 is 8.30 Å². The molecule has 0 fully saturated rings. The summed E-state index contributed by atoms with van der Waals surface area (Å²) in [6.07, 6.45) is 0.338. The van der Waals surface area contributed by atoms with Crippen molar-refractivity contribution in [1.29, 1.82) is 10.5 Å². The molecule has 0 aromatic rings. The molecule has 0 saturated carbocycles. The molecule has 84 valence electrons. The third-order valence-electron chi connectivity index (χ3n) is 1.78. The second-order valence-electron chi connectivity index (χ2n) is 3.68. The number of nitrogens with zero attached hydrogens (tertiary/aromatic N) is 3. The first-order chi connectivity index (χ1) is 7.04. The molecular formula is C10H18N3OP. The topological polar surface area (TPSA) is 60.1 Å². The van der Waals surface area contributed by atoms with Gasteiger partial charge in [-0.2, -0.15) is 10.5 Å². The van der Waals surface area contributed by atoms with Crippen LogP contribution in [0.1, 0.15) is 34.1 Å². The van der Waals surface area contributed by atoms with Gasteiger partial charge in [-0.1, -0.05) is 0 Å². The van der Waals surface area contributed by atoms with Crippen molar-refractivity contribution in [3.05, 3.63) is 0 Å². The van der Waals surface area contributed by atoms with E-state index >= 15 is 0 Å². The van der Waals surface area contributed by atoms with E-state index in [-0.39, 0.29) is 12.1 Å². The number of rotatable bonds is 6. The molecule has 1 unspecified atom stereocenters. The zero-order valence-electron chi connectivity index (χ0n) is 9.77. The largest absolute Gasteiger partial charge is 0.331 e. The van der Waals surface area contributed by atoms with Crippen molar-refractivity contribution in [2.45, 2.75) is 46.2 Å². The maximum Gasteiger partial charge on any atom is 0.217 e. The molecule has 0 rings (SSSR count). The van der Waals surface area contributed by atoms with Gasteiger partial charge in [-0.3, -0.25) is 0 Å². The summed E-state index contributed by atoms with van der Waals surface area (Å²) >= 11 is 0. The highest BCUT2D eigenvalue weighted by atomic mass is 31.2. The van der Waals surface area contributed by atoms with E-state index in [4.69, 9.17) is 15.0 Å². The summed E-state index contributed by atoms with van der Waals surface area (Å²) < 4.78 is 7.47. The van der Waals surface area contributed by atoms with E-state index in [9.17, 15) is 0 Å². The van der Waals surface area contributed by atoms with Crippen LogP contribution in [0.2, 0.25) is 0 Å². The highest BCUT2D eigenvalue weighted by molar-refractivity contribution is 7.55. The molecule has 0 spiro atoms. The van der Waals surface area contributed by atoms with Crippen LogP contribution in [0.25, 0.3) is 0 Å². The minimum atomic E-state index is -1.22. The average Bonchev–Trinajstić information content (AvgIpc) is 2.15. The van der Waals surface area contributed by atoms with Crippen LogP contribution in [0.15, 0.2) is 0 Å². The Morgan fingerprint density at radius 2 is 1.73 bits per heavy atom. The highest BCUT2D eigenvalue weighted by Gasteiger charge is 2.25. The standard InChI is InChI=1S/C10H18N3OP/c1-9(2)13(10(3)4)15(8-12)14-7-5-6-11/h9-10H,5,7H2,1-4H3. The van der Waals surface area contributed by atoms with Crippen LogP contribution in [0, 0.1) is 22.4 Å². The second-order valence-corrected chi connectivity index (χ2v) is 5.15. The van der Waals surface area contributed by atoms with Gasteiger partial charge in [0.2, 0.25) is 8.30 Å². The summed E-state index contributed by atoms with van der Waals surface area (Å²) in [5, 5.41) is 17.4. The van der Waals surface area contributed by atoms with Gasteiger partial charge in [-0.05, 0) is 27.7 Å². The fraction of sp³-hybridized carbons (Fsp3) is 0.800. The van der Waals surface area contributed by atoms with Gasteiger partial charge in [0, 0.05) is 12.1 Å². The fourth-order valence-corrected chi connectivity index (χ4v) is 2.74. The smallest absolute Gasteiger partial charge is 0.217 e. The SMILES string of the molecule is CC(C)N(C(C)C)P(C#N)OCCC#N. The Morgan fingerprint density at radius 1 is 1.20 bits per heavy atom. The molecule has 0 heterocycles. The van der Waals surface area contributed by atoms with E-state index < -0.39 is 8.30 Å². The molecule has 0 aromatic carbocycles. The van der Waals surface area contributed by atoms with Gasteiger partial charge in [0.25, 0.3) is 0 Å². The van der Waals surface area contributed by atoms with Crippen molar-refractivity contribution in [3.8, 4) is 11.9 Å². The molecule has 0 aliphatic heterocycles. The Kier molecular flexibility index (Phi) is 7.26. The number of nitriles is 2. The van der Waals surface area contributed by atoms with Crippen molar-refractivity contribution in [2.75, 3.05) is 6.61 Å². The monoisotopic (exact) mass is 227 g/mol. The van der Waals surface area contributed by atoms with Crippen LogP contribution in [-0.4, -0.2) is 23.4 Å². The first kappa shape index (κ1) is 14.3. The zero-order valence-corrected chi connectivity index (χ0v) is 10.7. The van der Waals surface area contributed by atoms with E-state index in [0.29, 0.717) is 13.0 Å². The van der Waals surface area contributed by atoms with Crippen molar-refractivity contribution in [2.24, 2.45) is 0 Å². The van der Waals surface area contributed by atoms with Crippen LogP contribution in [0.3, 0.4) is 0 Å². The summed E-state index contributed by atoms with van der Waals surface area (Å²) in [6, 6.07) is 2.55. The first-order valence-electron chi connectivity index (χ1n) is 5.02. The Morgan fingerprint density at radius 3 is 2.07 bits per heavy atom. The minimum Gasteiger partial charge on any atom is -0.331 e. The van der Waals surface area contributed by atoms with Crippen molar-refractivity contribution < 1.29 is 4.52 Å². The Labute approximate surface area is 93.3 Å². The normalized spacial score (nSPS) is 12.9. The lowest BCUT2D eigenvalue weighted by molar-refractivity contribution is 0.263. The third-order valence-corrected chi connectivity index (χ3v) is 3.72. The molecule has 0 aliphatic rings. The quantitative estimate of drug-likeness (QED) is 0.517. The molecule has 5 heteroatoms. The average molecular weight is 227 g/mol. The summed E-state index contributed by atoms with van der Waals surface area (Å²) in [5.41, 5.74) is 0. The van der Waals surface area contributed by atoms with Gasteiger partial charge in [-0.15, -0.1) is 0 Å². The summed E-state index contributed by atoms with van der Waals surface area (Å²) in [5.74, 6) is 2.18. The molecule has 1 atom stereocenters. The highest BCUT2D eigenvalue weighted by Crippen LogP contribution is 2.43. The third kappa shape index (κ3) is 5.09. The van der Waals surface area contributed by atoms with Gasteiger partial charge in [0.05, 0.1) is 19.1 Å². The molecule has 0 saturated heterocycles. The second kappa shape index (κ2) is 7.60. The van der Waals surface area contributed by atoms with E-state index in [1.54, 1.807) is 0 Å². The zero-order chi connectivity index (χ0) is 11.8. The van der Waals surface area contributed by atoms with E-state index in [1.165, 1.54) is 0 Å². The van der Waals surface area contributed by atoms with Crippen molar-refractivity contribution in [1.82, 2.24) is 4.67 Å². The lowest BCUT2D eigenvalue weighted by atomic mass is 10.3. The Hall–Kier alpha value is -0.670. The number of hydrogen-bond acceptors (Lipinski definition) is 4. The predicted molar refractivity (Wildman–Crippen MR) is 60.8 cm³/mol. The summed E-state index contributed by atoms with van der Waals surface area (Å²) in [4.78, 5) is 0. The molecule has 15 heavy (non-hydrogen) atoms. The molecule has 0 N–H and O–H groups in total. The van der Waals surface area contributed by atoms with Crippen LogP contribution in [-0.2, 0) is 4.52 Å². The summed E-state index contributed by atoms with van der Waals surface area (Å²) in [6.45, 7) is 8.51. The van der Waals surface area contributed by atoms with Gasteiger partial charge >= 0.3 is 0 Å². The maximum atomic E-state index is 9.02. The van der Waals surface area contributed by atoms with Crippen LogP contribution in [0.4, 0.5) is 0 Å². The molecule has 0 aliphatic carbocycles. The summed E-state index contributed by atoms with van der Waals surface area (Å²) in [7, 11) is -1.22. The van der Waals surface area contributed by atoms with Gasteiger partial charge in [0.15, 0.2) is 0 Å². The Balaban J connectivity index is 4.36. The lowest BCUT2D eigenvalue weighted by Crippen LogP contribution is -2.32. The maximum absolute atomic E-state index is 9.02. The molecule has 0 bridgehead atoms. The van der Waals surface area contributed by atoms with E-state index in [2.05, 4.69) is 5.81 Å². The molecular weight excluding hydrogens is 209 g/mol. The Bertz CT molecular complexity index is 246. The molecule has 0 radical (unpaired) electrons. The lowest BCUT2D eigenvalue weighted by Gasteiger charge is -2.32. The minimum absolute atomic E-state index is 0.276. The van der Waals surface area contributed by atoms with Crippen molar-refractivity contribution in [3.63, 3.8) is 0 Å². The van der Waals surface area contributed by atoms with E-state index in [1.807, 2.05) is 38.4 Å². The number of hydrogen-bond donors (Lipinski definition) is 0. The van der Waals surface area contributed by atoms with E-state index in [0.717, 1.165) is 0 Å². The first-order valence-corrected chi connectivity index (χ1v) is 6.23. The molecule has 0 amide bonds. The molecule has 4 nitrogen and oxygen atoms in total. The van der Waals surface area contributed by atoms with Gasteiger partial charge in [0.1, 0.15) is 5.81 Å². The van der Waals surface area contributed by atoms with Crippen LogP contribution in [0.5, 0.6) is 0 Å². The van der Waals surface area contributed by atoms with Gasteiger partial charge in [-0.25, -0.2) is 4.67 Å². The predicted octanol–water partition coefficient (Wildman–Crippen LogP) is 2.83.